The summed E-state index contributed by atoms with van der Waals surface area (Å²) >= 11 is 0. The van der Waals surface area contributed by atoms with Crippen molar-refractivity contribution >= 4 is 88.4 Å². The minimum atomic E-state index is -0.321. The quantitative estimate of drug-likeness (QED) is 0.135. The summed E-state index contributed by atoms with van der Waals surface area (Å²) in [5, 5.41) is 8.43. The van der Waals surface area contributed by atoms with Crippen LogP contribution in [0.3, 0.4) is 0 Å². The highest BCUT2D eigenvalue weighted by atomic mass is 19.1. The van der Waals surface area contributed by atoms with Gasteiger partial charge in [0, 0.05) is 38.4 Å². The molecule has 13 aromatic rings. The average Bonchev–Trinajstić information content (AvgIpc) is 3.80. The highest BCUT2D eigenvalue weighted by Crippen LogP contribution is 2.51. The molecule has 12 aromatic carbocycles. The molecule has 13 rings (SSSR count). The van der Waals surface area contributed by atoms with Crippen LogP contribution >= 0.6 is 0 Å². The van der Waals surface area contributed by atoms with Crippen LogP contribution in [0.2, 0.25) is 0 Å². The number of anilines is 6. The van der Waals surface area contributed by atoms with Gasteiger partial charge in [0.25, 0.3) is 0 Å². The van der Waals surface area contributed by atoms with Crippen molar-refractivity contribution in [1.82, 2.24) is 0 Å². The summed E-state index contributed by atoms with van der Waals surface area (Å²) in [5.74, 6) is -0.629. The third-order valence-corrected chi connectivity index (χ3v) is 13.5. The first-order chi connectivity index (χ1) is 34.1. The number of rotatable bonds is 9. The Bertz CT molecular complexity index is 4060. The Balaban J connectivity index is 1.09. The molecule has 1 heterocycles. The van der Waals surface area contributed by atoms with E-state index in [-0.39, 0.29) is 11.6 Å². The molecule has 0 fully saturated rings. The van der Waals surface area contributed by atoms with Crippen molar-refractivity contribution in [2.45, 2.75) is 0 Å². The van der Waals surface area contributed by atoms with E-state index < -0.39 is 0 Å². The molecule has 0 spiro atoms. The molecule has 0 aliphatic heterocycles. The van der Waals surface area contributed by atoms with Crippen LogP contribution in [0.1, 0.15) is 0 Å². The predicted octanol–water partition coefficient (Wildman–Crippen LogP) is 18.7. The van der Waals surface area contributed by atoms with Crippen molar-refractivity contribution in [2.24, 2.45) is 0 Å². The first-order valence-electron chi connectivity index (χ1n) is 23.1. The van der Waals surface area contributed by atoms with Gasteiger partial charge < -0.3 is 14.2 Å². The molecule has 1 aromatic heterocycles. The topological polar surface area (TPSA) is 19.6 Å². The van der Waals surface area contributed by atoms with Crippen molar-refractivity contribution in [2.75, 3.05) is 9.80 Å². The molecule has 0 radical (unpaired) electrons. The van der Waals surface area contributed by atoms with E-state index in [9.17, 15) is 0 Å². The normalized spacial score (nSPS) is 11.6. The molecule has 0 atom stereocenters. The van der Waals surface area contributed by atoms with Gasteiger partial charge in [0.05, 0.1) is 28.4 Å². The lowest BCUT2D eigenvalue weighted by Gasteiger charge is -2.31. The van der Waals surface area contributed by atoms with Crippen molar-refractivity contribution in [3.05, 3.63) is 254 Å². The van der Waals surface area contributed by atoms with Crippen molar-refractivity contribution < 1.29 is 13.2 Å². The summed E-state index contributed by atoms with van der Waals surface area (Å²) in [4.78, 5) is 4.52. The first-order valence-corrected chi connectivity index (χ1v) is 23.1. The number of furan rings is 1. The van der Waals surface area contributed by atoms with Gasteiger partial charge >= 0.3 is 0 Å². The minimum Gasteiger partial charge on any atom is -0.454 e. The van der Waals surface area contributed by atoms with Crippen LogP contribution in [-0.2, 0) is 0 Å². The van der Waals surface area contributed by atoms with E-state index in [1.165, 1.54) is 6.07 Å². The summed E-state index contributed by atoms with van der Waals surface area (Å²) in [6.45, 7) is 0. The largest absolute Gasteiger partial charge is 0.454 e. The van der Waals surface area contributed by atoms with Crippen LogP contribution in [0, 0.1) is 11.6 Å². The summed E-state index contributed by atoms with van der Waals surface area (Å²) in [5.41, 5.74) is 12.3. The van der Waals surface area contributed by atoms with Gasteiger partial charge in [-0.05, 0) is 117 Å². The highest BCUT2D eigenvalue weighted by molar-refractivity contribution is 6.28. The average molecular weight is 891 g/mol. The smallest absolute Gasteiger partial charge is 0.159 e. The number of para-hydroxylation sites is 2. The molecule has 0 unspecified atom stereocenters. The maximum atomic E-state index is 15.6. The van der Waals surface area contributed by atoms with E-state index >= 15 is 8.78 Å². The Kier molecular flexibility index (Phi) is 9.55. The van der Waals surface area contributed by atoms with E-state index in [1.54, 1.807) is 18.2 Å². The highest BCUT2D eigenvalue weighted by Gasteiger charge is 2.27. The second-order valence-electron chi connectivity index (χ2n) is 17.5. The van der Waals surface area contributed by atoms with Crippen molar-refractivity contribution in [3.63, 3.8) is 0 Å². The molecular formula is C64H40F2N2O. The molecule has 5 heteroatoms. The van der Waals surface area contributed by atoms with Gasteiger partial charge in [-0.3, -0.25) is 0 Å². The van der Waals surface area contributed by atoms with Crippen LogP contribution in [-0.4, -0.2) is 0 Å². The van der Waals surface area contributed by atoms with Crippen molar-refractivity contribution in [3.8, 4) is 33.4 Å². The van der Waals surface area contributed by atoms with Crippen LogP contribution < -0.4 is 9.80 Å². The molecular weight excluding hydrogens is 851 g/mol. The fourth-order valence-electron chi connectivity index (χ4n) is 10.4. The van der Waals surface area contributed by atoms with Crippen molar-refractivity contribution in [1.29, 1.82) is 0 Å². The van der Waals surface area contributed by atoms with Gasteiger partial charge in [0.1, 0.15) is 17.2 Å². The molecule has 0 saturated heterocycles. The molecule has 0 bridgehead atoms. The molecule has 326 valence electrons. The number of hydrogen-bond donors (Lipinski definition) is 0. The third-order valence-electron chi connectivity index (χ3n) is 13.5. The monoisotopic (exact) mass is 890 g/mol. The van der Waals surface area contributed by atoms with Crippen LogP contribution in [0.4, 0.5) is 42.9 Å². The van der Waals surface area contributed by atoms with Gasteiger partial charge in [-0.15, -0.1) is 0 Å². The predicted molar refractivity (Wildman–Crippen MR) is 283 cm³/mol. The van der Waals surface area contributed by atoms with Crippen LogP contribution in [0.5, 0.6) is 0 Å². The number of benzene rings is 12. The lowest BCUT2D eigenvalue weighted by molar-refractivity contribution is 0.628. The Hall–Kier alpha value is -9.06. The number of halogens is 2. The van der Waals surface area contributed by atoms with Gasteiger partial charge in [0.2, 0.25) is 0 Å². The zero-order chi connectivity index (χ0) is 46.0. The Morgan fingerprint density at radius 3 is 1.41 bits per heavy atom. The minimum absolute atomic E-state index is 0.307. The Morgan fingerprint density at radius 1 is 0.304 bits per heavy atom. The molecule has 3 nitrogen and oxygen atoms in total. The lowest BCUT2D eigenvalue weighted by atomic mass is 9.91. The van der Waals surface area contributed by atoms with Gasteiger partial charge in [-0.1, -0.05) is 170 Å². The molecule has 69 heavy (non-hydrogen) atoms. The van der Waals surface area contributed by atoms with Crippen LogP contribution in [0.15, 0.2) is 247 Å². The maximum Gasteiger partial charge on any atom is 0.159 e. The fraction of sp³-hybridized carbons (Fsp3) is 0. The Morgan fingerprint density at radius 2 is 0.783 bits per heavy atom. The molecule has 0 saturated carbocycles. The van der Waals surface area contributed by atoms with Crippen LogP contribution in [0.25, 0.3) is 87.6 Å². The standard InChI is InChI=1S/C64H40F2N2O/c65-47-30-36-58(54(39-47)42-16-6-2-7-17-42)67(49-21-12-20-46(38-49)41-14-4-1-5-15-41)56-34-28-44-27-33-53-57(35-29-45-26-32-52(56)62(44)63(45)53)68(59-37-31-48(66)40-55(59)43-18-8-3-9-19-43)60-24-13-23-51-50-22-10-11-25-61(50)69-64(51)60/h1-40H. The second-order valence-corrected chi connectivity index (χ2v) is 17.5. The summed E-state index contributed by atoms with van der Waals surface area (Å²) in [7, 11) is 0. The fourth-order valence-corrected chi connectivity index (χ4v) is 10.4. The maximum absolute atomic E-state index is 15.6. The zero-order valence-electron chi connectivity index (χ0n) is 37.2. The lowest BCUT2D eigenvalue weighted by Crippen LogP contribution is -2.13. The SMILES string of the molecule is Fc1ccc(N(c2cccc(-c3ccccc3)c2)c2ccc3ccc4c(N(c5ccc(F)cc5-c5ccccc5)c5cccc6c5oc5ccccc56)ccc5ccc2c3c54)c(-c2ccccc2)c1. The zero-order valence-corrected chi connectivity index (χ0v) is 37.2. The molecule has 0 aliphatic rings. The van der Waals surface area contributed by atoms with Gasteiger partial charge in [0.15, 0.2) is 5.58 Å². The third kappa shape index (κ3) is 6.78. The summed E-state index contributed by atoms with van der Waals surface area (Å²) in [6, 6.07) is 81.1. The second kappa shape index (κ2) is 16.4. The van der Waals surface area contributed by atoms with E-state index in [1.807, 2.05) is 97.1 Å². The number of nitrogens with zero attached hydrogens (tertiary/aromatic N) is 2. The molecule has 0 amide bonds. The Labute approximate surface area is 397 Å². The molecule has 0 N–H and O–H groups in total. The number of fused-ring (bicyclic) bond motifs is 3. The number of hydrogen-bond acceptors (Lipinski definition) is 3. The van der Waals surface area contributed by atoms with E-state index in [0.29, 0.717) is 0 Å². The van der Waals surface area contributed by atoms with E-state index in [0.717, 1.165) is 122 Å². The summed E-state index contributed by atoms with van der Waals surface area (Å²) < 4.78 is 37.8. The summed E-state index contributed by atoms with van der Waals surface area (Å²) in [6.07, 6.45) is 0. The van der Waals surface area contributed by atoms with Gasteiger partial charge in [-0.2, -0.15) is 0 Å². The first kappa shape index (κ1) is 40.2. The molecule has 0 aliphatic carbocycles. The van der Waals surface area contributed by atoms with E-state index in [2.05, 4.69) is 131 Å². The van der Waals surface area contributed by atoms with E-state index in [4.69, 9.17) is 4.42 Å². The van der Waals surface area contributed by atoms with Gasteiger partial charge in [-0.25, -0.2) is 8.78 Å².